The third kappa shape index (κ3) is 3.39. The summed E-state index contributed by atoms with van der Waals surface area (Å²) >= 11 is 6.14. The summed E-state index contributed by atoms with van der Waals surface area (Å²) in [7, 11) is 1.62. The van der Waals surface area contributed by atoms with E-state index in [0.29, 0.717) is 6.42 Å². The van der Waals surface area contributed by atoms with Crippen LogP contribution in [0.4, 0.5) is 0 Å². The van der Waals surface area contributed by atoms with Gasteiger partial charge in [-0.1, -0.05) is 12.1 Å². The summed E-state index contributed by atoms with van der Waals surface area (Å²) in [5.74, 6) is 0.803. The third-order valence-electron chi connectivity index (χ3n) is 3.28. The first-order chi connectivity index (χ1) is 8.69. The van der Waals surface area contributed by atoms with Gasteiger partial charge in [0.25, 0.3) is 0 Å². The van der Waals surface area contributed by atoms with E-state index in [1.807, 2.05) is 24.3 Å². The summed E-state index contributed by atoms with van der Waals surface area (Å²) in [4.78, 5) is 11.9. The van der Waals surface area contributed by atoms with Crippen LogP contribution in [-0.2, 0) is 11.2 Å². The molecule has 18 heavy (non-hydrogen) atoms. The van der Waals surface area contributed by atoms with E-state index in [1.54, 1.807) is 7.11 Å². The van der Waals surface area contributed by atoms with Crippen molar-refractivity contribution < 1.29 is 9.53 Å². The normalized spacial score (nSPS) is 22.8. The number of hydrogen-bond donors (Lipinski definition) is 1. The van der Waals surface area contributed by atoms with Crippen LogP contribution < -0.4 is 10.1 Å². The van der Waals surface area contributed by atoms with E-state index in [-0.39, 0.29) is 17.3 Å². The fourth-order valence-electron chi connectivity index (χ4n) is 2.30. The van der Waals surface area contributed by atoms with E-state index >= 15 is 0 Å². The van der Waals surface area contributed by atoms with E-state index < -0.39 is 0 Å². The Hall–Kier alpha value is -1.22. The molecule has 4 heteroatoms. The van der Waals surface area contributed by atoms with Crippen molar-refractivity contribution in [3.8, 4) is 5.75 Å². The zero-order valence-electron chi connectivity index (χ0n) is 10.5. The Morgan fingerprint density at radius 3 is 3.00 bits per heavy atom. The minimum atomic E-state index is 0.0285. The first-order valence-corrected chi connectivity index (χ1v) is 6.69. The molecule has 0 aliphatic heterocycles. The highest BCUT2D eigenvalue weighted by molar-refractivity contribution is 6.21. The van der Waals surface area contributed by atoms with Crippen molar-refractivity contribution >= 4 is 17.5 Å². The topological polar surface area (TPSA) is 38.3 Å². The molecule has 3 nitrogen and oxygen atoms in total. The summed E-state index contributed by atoms with van der Waals surface area (Å²) in [5, 5.41) is 3.09. The van der Waals surface area contributed by atoms with Gasteiger partial charge in [-0.15, -0.1) is 11.6 Å². The van der Waals surface area contributed by atoms with Gasteiger partial charge >= 0.3 is 0 Å². The Kier molecular flexibility index (Phi) is 4.48. The molecule has 1 N–H and O–H groups in total. The Bertz CT molecular complexity index is 422. The van der Waals surface area contributed by atoms with Crippen LogP contribution in [0.3, 0.4) is 0 Å². The Morgan fingerprint density at radius 2 is 2.33 bits per heavy atom. The molecule has 1 aromatic rings. The average Bonchev–Trinajstić information content (AvgIpc) is 2.75. The number of ether oxygens (including phenoxy) is 1. The molecule has 1 amide bonds. The van der Waals surface area contributed by atoms with Gasteiger partial charge in [0.05, 0.1) is 18.9 Å². The zero-order chi connectivity index (χ0) is 13.0. The second-order valence-corrected chi connectivity index (χ2v) is 5.21. The predicted molar refractivity (Wildman–Crippen MR) is 72.1 cm³/mol. The SMILES string of the molecule is COc1cccc(CC(=O)NC2CCCC2Cl)c1. The largest absolute Gasteiger partial charge is 0.497 e. The van der Waals surface area contributed by atoms with E-state index in [4.69, 9.17) is 16.3 Å². The van der Waals surface area contributed by atoms with Crippen molar-refractivity contribution in [1.29, 1.82) is 0 Å². The molecule has 0 bridgehead atoms. The van der Waals surface area contributed by atoms with Gasteiger partial charge in [0.1, 0.15) is 5.75 Å². The van der Waals surface area contributed by atoms with Crippen LogP contribution in [0.1, 0.15) is 24.8 Å². The standard InChI is InChI=1S/C14H18ClNO2/c1-18-11-5-2-4-10(8-11)9-14(17)16-13-7-3-6-12(13)15/h2,4-5,8,12-13H,3,6-7,9H2,1H3,(H,16,17). The van der Waals surface area contributed by atoms with Gasteiger partial charge in [-0.2, -0.15) is 0 Å². The molecule has 0 aromatic heterocycles. The molecule has 1 aromatic carbocycles. The maximum atomic E-state index is 11.9. The lowest BCUT2D eigenvalue weighted by molar-refractivity contribution is -0.121. The number of halogens is 1. The van der Waals surface area contributed by atoms with Crippen LogP contribution in [0.15, 0.2) is 24.3 Å². The van der Waals surface area contributed by atoms with Gasteiger partial charge in [-0.3, -0.25) is 4.79 Å². The van der Waals surface area contributed by atoms with Crippen LogP contribution >= 0.6 is 11.6 Å². The molecule has 1 fully saturated rings. The Morgan fingerprint density at radius 1 is 1.50 bits per heavy atom. The predicted octanol–water partition coefficient (Wildman–Crippen LogP) is 2.51. The highest BCUT2D eigenvalue weighted by atomic mass is 35.5. The summed E-state index contributed by atoms with van der Waals surface area (Å²) in [6.07, 6.45) is 3.44. The van der Waals surface area contributed by atoms with Crippen LogP contribution in [0.5, 0.6) is 5.75 Å². The van der Waals surface area contributed by atoms with Gasteiger partial charge < -0.3 is 10.1 Å². The maximum absolute atomic E-state index is 11.9. The van der Waals surface area contributed by atoms with Crippen molar-refractivity contribution in [2.24, 2.45) is 0 Å². The number of carbonyl (C=O) groups excluding carboxylic acids is 1. The first-order valence-electron chi connectivity index (χ1n) is 6.25. The number of methoxy groups -OCH3 is 1. The number of alkyl halides is 1. The quantitative estimate of drug-likeness (QED) is 0.852. The van der Waals surface area contributed by atoms with Gasteiger partial charge in [0, 0.05) is 6.04 Å². The third-order valence-corrected chi connectivity index (χ3v) is 3.80. The molecule has 0 spiro atoms. The van der Waals surface area contributed by atoms with Crippen molar-refractivity contribution in [1.82, 2.24) is 5.32 Å². The maximum Gasteiger partial charge on any atom is 0.224 e. The molecule has 0 heterocycles. The second kappa shape index (κ2) is 6.10. The van der Waals surface area contributed by atoms with Crippen LogP contribution in [0.25, 0.3) is 0 Å². The summed E-state index contributed by atoms with van der Waals surface area (Å²) in [5.41, 5.74) is 0.955. The Labute approximate surface area is 112 Å². The van der Waals surface area contributed by atoms with Gasteiger partial charge in [0.15, 0.2) is 0 Å². The minimum Gasteiger partial charge on any atom is -0.497 e. The van der Waals surface area contributed by atoms with Gasteiger partial charge in [-0.25, -0.2) is 0 Å². The first kappa shape index (κ1) is 13.2. The molecule has 1 saturated carbocycles. The summed E-state index contributed by atoms with van der Waals surface area (Å²) < 4.78 is 5.13. The lowest BCUT2D eigenvalue weighted by atomic mass is 10.1. The molecule has 1 aliphatic rings. The molecule has 2 atom stereocenters. The molecule has 2 rings (SSSR count). The van der Waals surface area contributed by atoms with E-state index in [1.165, 1.54) is 0 Å². The van der Waals surface area contributed by atoms with E-state index in [2.05, 4.69) is 5.32 Å². The van der Waals surface area contributed by atoms with Crippen LogP contribution in [-0.4, -0.2) is 24.4 Å². The van der Waals surface area contributed by atoms with Crippen molar-refractivity contribution in [2.75, 3.05) is 7.11 Å². The number of rotatable bonds is 4. The minimum absolute atomic E-state index is 0.0285. The molecular weight excluding hydrogens is 250 g/mol. The number of benzene rings is 1. The van der Waals surface area contributed by atoms with Crippen LogP contribution in [0, 0.1) is 0 Å². The average molecular weight is 268 g/mol. The highest BCUT2D eigenvalue weighted by Gasteiger charge is 2.26. The fourth-order valence-corrected chi connectivity index (χ4v) is 2.65. The van der Waals surface area contributed by atoms with E-state index in [9.17, 15) is 4.79 Å². The molecule has 2 unspecified atom stereocenters. The number of nitrogens with one attached hydrogen (secondary N) is 1. The van der Waals surface area contributed by atoms with Crippen molar-refractivity contribution in [3.63, 3.8) is 0 Å². The number of amides is 1. The number of carbonyl (C=O) groups is 1. The van der Waals surface area contributed by atoms with E-state index in [0.717, 1.165) is 30.6 Å². The molecule has 0 saturated heterocycles. The van der Waals surface area contributed by atoms with Gasteiger partial charge in [0.2, 0.25) is 5.91 Å². The monoisotopic (exact) mass is 267 g/mol. The lowest BCUT2D eigenvalue weighted by Gasteiger charge is -2.15. The van der Waals surface area contributed by atoms with Gasteiger partial charge in [-0.05, 0) is 37.0 Å². The zero-order valence-corrected chi connectivity index (χ0v) is 11.2. The van der Waals surface area contributed by atoms with Crippen molar-refractivity contribution in [2.45, 2.75) is 37.1 Å². The summed E-state index contributed by atoms with van der Waals surface area (Å²) in [6.45, 7) is 0. The van der Waals surface area contributed by atoms with Crippen LogP contribution in [0.2, 0.25) is 0 Å². The summed E-state index contributed by atoms with van der Waals surface area (Å²) in [6, 6.07) is 7.69. The molecular formula is C14H18ClNO2. The number of hydrogen-bond acceptors (Lipinski definition) is 2. The molecule has 98 valence electrons. The highest BCUT2D eigenvalue weighted by Crippen LogP contribution is 2.24. The van der Waals surface area contributed by atoms with Crippen molar-refractivity contribution in [3.05, 3.63) is 29.8 Å². The smallest absolute Gasteiger partial charge is 0.224 e. The molecule has 0 radical (unpaired) electrons. The lowest BCUT2D eigenvalue weighted by Crippen LogP contribution is -2.38. The second-order valence-electron chi connectivity index (χ2n) is 4.65. The fraction of sp³-hybridized carbons (Fsp3) is 0.500. The molecule has 1 aliphatic carbocycles. The Balaban J connectivity index is 1.90.